The maximum atomic E-state index is 12.7. The van der Waals surface area contributed by atoms with Crippen molar-refractivity contribution in [1.29, 1.82) is 0 Å². The molecule has 5 heteroatoms. The Morgan fingerprint density at radius 2 is 2.04 bits per heavy atom. The Bertz CT molecular complexity index is 702. The van der Waals surface area contributed by atoms with Crippen molar-refractivity contribution in [3.05, 3.63) is 22.7 Å². The summed E-state index contributed by atoms with van der Waals surface area (Å²) < 4.78 is 0. The number of hydrogen-bond acceptors (Lipinski definition) is 4. The molecule has 130 valence electrons. The fraction of sp³-hybridized carbons (Fsp3) is 0.579. The van der Waals surface area contributed by atoms with Crippen LogP contribution in [0.15, 0.2) is 12.1 Å². The number of nitrogens with two attached hydrogens (primary N) is 1. The first-order valence-corrected chi connectivity index (χ1v) is 9.99. The number of nitrogen functional groups attached to an aromatic ring is 1. The van der Waals surface area contributed by atoms with Gasteiger partial charge in [-0.15, -0.1) is 11.3 Å². The lowest BCUT2D eigenvalue weighted by atomic mass is 10.1. The van der Waals surface area contributed by atoms with Gasteiger partial charge >= 0.3 is 0 Å². The van der Waals surface area contributed by atoms with Crippen molar-refractivity contribution in [2.24, 2.45) is 0 Å². The molecule has 1 aliphatic rings. The molecule has 24 heavy (non-hydrogen) atoms. The van der Waals surface area contributed by atoms with E-state index in [1.54, 1.807) is 0 Å². The van der Waals surface area contributed by atoms with Crippen LogP contribution in [-0.2, 0) is 6.42 Å². The second kappa shape index (κ2) is 7.97. The number of carbonyl (C=O) groups is 1. The van der Waals surface area contributed by atoms with Crippen LogP contribution in [0.5, 0.6) is 0 Å². The van der Waals surface area contributed by atoms with Gasteiger partial charge in [0.05, 0.1) is 5.69 Å². The molecular weight excluding hydrogens is 318 g/mol. The largest absolute Gasteiger partial charge is 0.397 e. The lowest BCUT2D eigenvalue weighted by molar-refractivity contribution is 0.0938. The number of thiophene rings is 1. The molecule has 1 amide bonds. The monoisotopic (exact) mass is 345 g/mol. The highest BCUT2D eigenvalue weighted by atomic mass is 32.1. The molecule has 2 aromatic rings. The number of aromatic nitrogens is 1. The van der Waals surface area contributed by atoms with Crippen molar-refractivity contribution in [2.45, 2.75) is 70.8 Å². The SMILES string of the molecule is CCCCc1ccc2c(N)c(C(=O)NC3CCCCCC3)sc2n1. The van der Waals surface area contributed by atoms with Gasteiger partial charge in [0.2, 0.25) is 0 Å². The third kappa shape index (κ3) is 3.89. The van der Waals surface area contributed by atoms with E-state index in [2.05, 4.69) is 12.2 Å². The van der Waals surface area contributed by atoms with Crippen molar-refractivity contribution >= 4 is 33.1 Å². The van der Waals surface area contributed by atoms with Gasteiger partial charge in [0, 0.05) is 17.1 Å². The number of unbranched alkanes of at least 4 members (excludes halogenated alkanes) is 1. The number of hydrogen-bond donors (Lipinski definition) is 2. The van der Waals surface area contributed by atoms with Gasteiger partial charge in [0.25, 0.3) is 5.91 Å². The summed E-state index contributed by atoms with van der Waals surface area (Å²) in [7, 11) is 0. The van der Waals surface area contributed by atoms with Gasteiger partial charge in [0.1, 0.15) is 9.71 Å². The predicted octanol–water partition coefficient (Wildman–Crippen LogP) is 4.67. The first-order valence-electron chi connectivity index (χ1n) is 9.17. The molecule has 0 atom stereocenters. The topological polar surface area (TPSA) is 68.0 Å². The summed E-state index contributed by atoms with van der Waals surface area (Å²) in [6.45, 7) is 2.18. The summed E-state index contributed by atoms with van der Waals surface area (Å²) in [6.07, 6.45) is 10.4. The van der Waals surface area contributed by atoms with Crippen LogP contribution in [0.3, 0.4) is 0 Å². The second-order valence-corrected chi connectivity index (χ2v) is 7.76. The first-order chi connectivity index (χ1) is 11.7. The zero-order valence-electron chi connectivity index (χ0n) is 14.4. The molecule has 1 fully saturated rings. The van der Waals surface area contributed by atoms with E-state index >= 15 is 0 Å². The normalized spacial score (nSPS) is 16.2. The highest BCUT2D eigenvalue weighted by Crippen LogP contribution is 2.33. The third-order valence-electron chi connectivity index (χ3n) is 4.83. The van der Waals surface area contributed by atoms with Crippen molar-refractivity contribution < 1.29 is 4.79 Å². The van der Waals surface area contributed by atoms with Crippen LogP contribution in [-0.4, -0.2) is 16.9 Å². The number of rotatable bonds is 5. The zero-order chi connectivity index (χ0) is 16.9. The summed E-state index contributed by atoms with van der Waals surface area (Å²) in [5.74, 6) is -0.0301. The van der Waals surface area contributed by atoms with Crippen LogP contribution >= 0.6 is 11.3 Å². The summed E-state index contributed by atoms with van der Waals surface area (Å²) in [5.41, 5.74) is 7.90. The maximum absolute atomic E-state index is 12.7. The maximum Gasteiger partial charge on any atom is 0.263 e. The van der Waals surface area contributed by atoms with Gasteiger partial charge in [-0.05, 0) is 37.8 Å². The molecule has 2 aromatic heterocycles. The van der Waals surface area contributed by atoms with Crippen molar-refractivity contribution in [3.8, 4) is 0 Å². The molecule has 3 N–H and O–H groups in total. The third-order valence-corrected chi connectivity index (χ3v) is 5.95. The van der Waals surface area contributed by atoms with Crippen molar-refractivity contribution in [1.82, 2.24) is 10.3 Å². The van der Waals surface area contributed by atoms with Gasteiger partial charge in [-0.25, -0.2) is 4.98 Å². The van der Waals surface area contributed by atoms with Gasteiger partial charge in [0.15, 0.2) is 0 Å². The van der Waals surface area contributed by atoms with E-state index in [9.17, 15) is 4.79 Å². The summed E-state index contributed by atoms with van der Waals surface area (Å²) in [4.78, 5) is 18.9. The minimum atomic E-state index is -0.0301. The number of fused-ring (bicyclic) bond motifs is 1. The number of carbonyl (C=O) groups excluding carboxylic acids is 1. The van der Waals surface area contributed by atoms with Crippen molar-refractivity contribution in [2.75, 3.05) is 5.73 Å². The summed E-state index contributed by atoms with van der Waals surface area (Å²) in [6, 6.07) is 4.34. The van der Waals surface area contributed by atoms with E-state index in [1.807, 2.05) is 12.1 Å². The Hall–Kier alpha value is -1.62. The van der Waals surface area contributed by atoms with E-state index in [0.717, 1.165) is 48.0 Å². The van der Waals surface area contributed by atoms with E-state index in [4.69, 9.17) is 10.7 Å². The number of nitrogens with one attached hydrogen (secondary N) is 1. The van der Waals surface area contributed by atoms with Gasteiger partial charge in [-0.3, -0.25) is 4.79 Å². The Labute approximate surface area is 147 Å². The first kappa shape index (κ1) is 17.2. The molecule has 0 unspecified atom stereocenters. The predicted molar refractivity (Wildman–Crippen MR) is 102 cm³/mol. The van der Waals surface area contributed by atoms with Crippen LogP contribution in [0.4, 0.5) is 5.69 Å². The lowest BCUT2D eigenvalue weighted by Crippen LogP contribution is -2.34. The standard InChI is InChI=1S/C19H27N3OS/c1-2-3-8-14-11-12-15-16(20)17(24-19(15)22-14)18(23)21-13-9-6-4-5-7-10-13/h11-13H,2-10,20H2,1H3,(H,21,23). The molecular formula is C19H27N3OS. The van der Waals surface area contributed by atoms with E-state index < -0.39 is 0 Å². The molecule has 1 aliphatic carbocycles. The van der Waals surface area contributed by atoms with Crippen LogP contribution < -0.4 is 11.1 Å². The smallest absolute Gasteiger partial charge is 0.263 e. The molecule has 3 rings (SSSR count). The fourth-order valence-electron chi connectivity index (χ4n) is 3.38. The van der Waals surface area contributed by atoms with Crippen molar-refractivity contribution in [3.63, 3.8) is 0 Å². The molecule has 0 radical (unpaired) electrons. The number of anilines is 1. The molecule has 1 saturated carbocycles. The van der Waals surface area contributed by atoms with E-state index in [1.165, 1.54) is 37.0 Å². The van der Waals surface area contributed by atoms with Crippen LogP contribution in [0.25, 0.3) is 10.2 Å². The molecule has 4 nitrogen and oxygen atoms in total. The second-order valence-electron chi connectivity index (χ2n) is 6.77. The van der Waals surface area contributed by atoms with Crippen LogP contribution in [0.2, 0.25) is 0 Å². The summed E-state index contributed by atoms with van der Waals surface area (Å²) >= 11 is 1.43. The summed E-state index contributed by atoms with van der Waals surface area (Å²) in [5, 5.41) is 4.10. The van der Waals surface area contributed by atoms with E-state index in [-0.39, 0.29) is 11.9 Å². The highest BCUT2D eigenvalue weighted by molar-refractivity contribution is 7.21. The fourth-order valence-corrected chi connectivity index (χ4v) is 4.39. The Kier molecular flexibility index (Phi) is 5.72. The Morgan fingerprint density at radius 1 is 1.29 bits per heavy atom. The highest BCUT2D eigenvalue weighted by Gasteiger charge is 2.21. The average Bonchev–Trinajstić information content (AvgIpc) is 2.75. The van der Waals surface area contributed by atoms with Gasteiger partial charge in [-0.1, -0.05) is 39.0 Å². The zero-order valence-corrected chi connectivity index (χ0v) is 15.3. The molecule has 0 saturated heterocycles. The molecule has 2 heterocycles. The van der Waals surface area contributed by atoms with Crippen LogP contribution in [0.1, 0.15) is 73.7 Å². The lowest BCUT2D eigenvalue weighted by Gasteiger charge is -2.15. The number of aryl methyl sites for hydroxylation is 1. The quantitative estimate of drug-likeness (QED) is 0.774. The number of pyridine rings is 1. The van der Waals surface area contributed by atoms with E-state index in [0.29, 0.717) is 10.6 Å². The number of amides is 1. The minimum absolute atomic E-state index is 0.0301. The average molecular weight is 346 g/mol. The molecule has 0 aromatic carbocycles. The molecule has 0 spiro atoms. The van der Waals surface area contributed by atoms with Gasteiger partial charge in [-0.2, -0.15) is 0 Å². The minimum Gasteiger partial charge on any atom is -0.397 e. The van der Waals surface area contributed by atoms with Gasteiger partial charge < -0.3 is 11.1 Å². The molecule has 0 aliphatic heterocycles. The Morgan fingerprint density at radius 3 is 2.75 bits per heavy atom. The molecule has 0 bridgehead atoms. The Balaban J connectivity index is 1.77. The number of nitrogens with zero attached hydrogens (tertiary/aromatic N) is 1. The van der Waals surface area contributed by atoms with Crippen LogP contribution in [0, 0.1) is 0 Å².